The van der Waals surface area contributed by atoms with E-state index in [1.807, 2.05) is 0 Å². The Balaban J connectivity index is 1.61. The number of hydrogen-bond acceptors (Lipinski definition) is 3. The average Bonchev–Trinajstić information content (AvgIpc) is 2.73. The van der Waals surface area contributed by atoms with E-state index < -0.39 is 5.97 Å². The number of carboxylic acids is 1. The molecule has 0 radical (unpaired) electrons. The number of rotatable bonds is 7. The predicted octanol–water partition coefficient (Wildman–Crippen LogP) is 4.75. The molecule has 2 N–H and O–H groups in total. The molecular formula is C23H18FNO4. The van der Waals surface area contributed by atoms with Gasteiger partial charge in [0.1, 0.15) is 18.2 Å². The molecule has 3 aromatic carbocycles. The number of nitrogens with one attached hydrogen (secondary N) is 1. The minimum absolute atomic E-state index is 0.261. The van der Waals surface area contributed by atoms with Crippen LogP contribution in [0.4, 0.5) is 10.1 Å². The zero-order valence-corrected chi connectivity index (χ0v) is 15.3. The second-order valence-corrected chi connectivity index (χ2v) is 6.19. The van der Waals surface area contributed by atoms with Gasteiger partial charge in [-0.3, -0.25) is 4.79 Å². The Kier molecular flexibility index (Phi) is 6.37. The Morgan fingerprint density at radius 1 is 1.00 bits per heavy atom. The lowest BCUT2D eigenvalue weighted by atomic mass is 10.1. The molecule has 0 fully saturated rings. The lowest BCUT2D eigenvalue weighted by molar-refractivity contribution is -0.131. The average molecular weight is 391 g/mol. The molecule has 0 unspecified atom stereocenters. The molecule has 0 saturated heterocycles. The summed E-state index contributed by atoms with van der Waals surface area (Å²) in [5.74, 6) is -1.11. The minimum Gasteiger partial charge on any atom is -0.489 e. The lowest BCUT2D eigenvalue weighted by Gasteiger charge is -2.09. The summed E-state index contributed by atoms with van der Waals surface area (Å²) in [6, 6.07) is 19.6. The van der Waals surface area contributed by atoms with Crippen molar-refractivity contribution >= 4 is 23.6 Å². The summed E-state index contributed by atoms with van der Waals surface area (Å²) in [5.41, 5.74) is 2.54. The van der Waals surface area contributed by atoms with E-state index in [4.69, 9.17) is 9.84 Å². The molecule has 6 heteroatoms. The van der Waals surface area contributed by atoms with Crippen LogP contribution in [0.25, 0.3) is 6.08 Å². The fourth-order valence-corrected chi connectivity index (χ4v) is 2.52. The number of anilines is 1. The van der Waals surface area contributed by atoms with E-state index in [0.29, 0.717) is 22.6 Å². The van der Waals surface area contributed by atoms with Crippen LogP contribution in [-0.2, 0) is 11.4 Å². The standard InChI is InChI=1S/C23H18FNO4/c24-19-9-4-17(5-10-19)15-29-21-3-1-2-18(14-21)23(28)25-20-11-6-16(7-12-20)8-13-22(26)27/h1-14H,15H2,(H,25,28)(H,26,27). The van der Waals surface area contributed by atoms with E-state index >= 15 is 0 Å². The van der Waals surface area contributed by atoms with Crippen molar-refractivity contribution in [2.75, 3.05) is 5.32 Å². The van der Waals surface area contributed by atoms with Gasteiger partial charge in [-0.15, -0.1) is 0 Å². The molecule has 0 atom stereocenters. The second-order valence-electron chi connectivity index (χ2n) is 6.19. The molecule has 29 heavy (non-hydrogen) atoms. The van der Waals surface area contributed by atoms with Gasteiger partial charge in [0.15, 0.2) is 0 Å². The van der Waals surface area contributed by atoms with Crippen molar-refractivity contribution in [1.82, 2.24) is 0 Å². The summed E-state index contributed by atoms with van der Waals surface area (Å²) in [6.45, 7) is 0.261. The molecule has 0 aliphatic rings. The molecule has 0 aliphatic carbocycles. The van der Waals surface area contributed by atoms with Crippen LogP contribution in [0.5, 0.6) is 5.75 Å². The SMILES string of the molecule is O=C(O)C=Cc1ccc(NC(=O)c2cccc(OCc3ccc(F)cc3)c2)cc1. The quantitative estimate of drug-likeness (QED) is 0.570. The Labute approximate surface area is 167 Å². The van der Waals surface area contributed by atoms with E-state index in [1.54, 1.807) is 60.7 Å². The largest absolute Gasteiger partial charge is 0.489 e. The van der Waals surface area contributed by atoms with E-state index in [9.17, 15) is 14.0 Å². The van der Waals surface area contributed by atoms with Crippen molar-refractivity contribution in [2.24, 2.45) is 0 Å². The summed E-state index contributed by atoms with van der Waals surface area (Å²) < 4.78 is 18.6. The topological polar surface area (TPSA) is 75.6 Å². The van der Waals surface area contributed by atoms with Crippen LogP contribution < -0.4 is 10.1 Å². The zero-order chi connectivity index (χ0) is 20.6. The highest BCUT2D eigenvalue weighted by molar-refractivity contribution is 6.04. The Morgan fingerprint density at radius 2 is 1.72 bits per heavy atom. The van der Waals surface area contributed by atoms with Gasteiger partial charge in [-0.05, 0) is 59.7 Å². The molecule has 146 valence electrons. The van der Waals surface area contributed by atoms with Crippen molar-refractivity contribution in [3.05, 3.63) is 101 Å². The van der Waals surface area contributed by atoms with Gasteiger partial charge < -0.3 is 15.2 Å². The fourth-order valence-electron chi connectivity index (χ4n) is 2.52. The highest BCUT2D eigenvalue weighted by atomic mass is 19.1. The highest BCUT2D eigenvalue weighted by Crippen LogP contribution is 2.18. The van der Waals surface area contributed by atoms with Crippen molar-refractivity contribution in [3.63, 3.8) is 0 Å². The first-order chi connectivity index (χ1) is 14.0. The normalized spacial score (nSPS) is 10.7. The van der Waals surface area contributed by atoms with Crippen LogP contribution in [0.1, 0.15) is 21.5 Å². The second kappa shape index (κ2) is 9.32. The summed E-state index contributed by atoms with van der Waals surface area (Å²) in [7, 11) is 0. The summed E-state index contributed by atoms with van der Waals surface area (Å²) in [6.07, 6.45) is 2.51. The van der Waals surface area contributed by atoms with Gasteiger partial charge in [0.25, 0.3) is 5.91 Å². The molecule has 1 amide bonds. The van der Waals surface area contributed by atoms with Gasteiger partial charge in [-0.25, -0.2) is 9.18 Å². The van der Waals surface area contributed by atoms with Crippen LogP contribution in [0.2, 0.25) is 0 Å². The number of carbonyl (C=O) groups is 2. The number of aliphatic carboxylic acids is 1. The summed E-state index contributed by atoms with van der Waals surface area (Å²) in [5, 5.41) is 11.4. The van der Waals surface area contributed by atoms with Crippen LogP contribution in [-0.4, -0.2) is 17.0 Å². The maximum absolute atomic E-state index is 13.0. The first kappa shape index (κ1) is 19.8. The van der Waals surface area contributed by atoms with Gasteiger partial charge in [0.2, 0.25) is 0 Å². The van der Waals surface area contributed by atoms with Crippen LogP contribution in [0.15, 0.2) is 78.9 Å². The van der Waals surface area contributed by atoms with Crippen molar-refractivity contribution in [1.29, 1.82) is 0 Å². The molecule has 0 spiro atoms. The highest BCUT2D eigenvalue weighted by Gasteiger charge is 2.08. The molecule has 0 bridgehead atoms. The third-order valence-electron chi connectivity index (χ3n) is 4.00. The van der Waals surface area contributed by atoms with Gasteiger partial charge in [-0.2, -0.15) is 0 Å². The number of hydrogen-bond donors (Lipinski definition) is 2. The molecule has 5 nitrogen and oxygen atoms in total. The van der Waals surface area contributed by atoms with Gasteiger partial charge in [-0.1, -0.05) is 30.3 Å². The van der Waals surface area contributed by atoms with E-state index in [0.717, 1.165) is 11.6 Å². The van der Waals surface area contributed by atoms with Crippen molar-refractivity contribution < 1.29 is 23.8 Å². The first-order valence-corrected chi connectivity index (χ1v) is 8.79. The van der Waals surface area contributed by atoms with Crippen LogP contribution in [0, 0.1) is 5.82 Å². The molecule has 0 aromatic heterocycles. The fraction of sp³-hybridized carbons (Fsp3) is 0.0435. The molecule has 3 rings (SSSR count). The van der Waals surface area contributed by atoms with Crippen LogP contribution in [0.3, 0.4) is 0 Å². The predicted molar refractivity (Wildman–Crippen MR) is 108 cm³/mol. The Morgan fingerprint density at radius 3 is 2.41 bits per heavy atom. The monoisotopic (exact) mass is 391 g/mol. The van der Waals surface area contributed by atoms with Crippen molar-refractivity contribution in [3.8, 4) is 5.75 Å². The summed E-state index contributed by atoms with van der Waals surface area (Å²) >= 11 is 0. The van der Waals surface area contributed by atoms with E-state index in [1.165, 1.54) is 18.2 Å². The number of carboxylic acid groups (broad SMARTS) is 1. The number of halogens is 1. The van der Waals surface area contributed by atoms with Gasteiger partial charge in [0.05, 0.1) is 0 Å². The molecule has 3 aromatic rings. The maximum Gasteiger partial charge on any atom is 0.328 e. The minimum atomic E-state index is -1.02. The maximum atomic E-state index is 13.0. The Bertz CT molecular complexity index is 1030. The number of benzene rings is 3. The van der Waals surface area contributed by atoms with E-state index in [-0.39, 0.29) is 18.3 Å². The number of ether oxygens (including phenoxy) is 1. The Hall–Kier alpha value is -3.93. The van der Waals surface area contributed by atoms with E-state index in [2.05, 4.69) is 5.32 Å². The first-order valence-electron chi connectivity index (χ1n) is 8.79. The zero-order valence-electron chi connectivity index (χ0n) is 15.3. The summed E-state index contributed by atoms with van der Waals surface area (Å²) in [4.78, 5) is 23.0. The van der Waals surface area contributed by atoms with Gasteiger partial charge >= 0.3 is 5.97 Å². The number of amides is 1. The molecule has 0 aliphatic heterocycles. The smallest absolute Gasteiger partial charge is 0.328 e. The van der Waals surface area contributed by atoms with Gasteiger partial charge in [0, 0.05) is 17.3 Å². The molecule has 0 heterocycles. The molecule has 0 saturated carbocycles. The van der Waals surface area contributed by atoms with Crippen LogP contribution >= 0.6 is 0 Å². The third kappa shape index (κ3) is 6.04. The third-order valence-corrected chi connectivity index (χ3v) is 4.00. The molecular weight excluding hydrogens is 373 g/mol. The lowest BCUT2D eigenvalue weighted by Crippen LogP contribution is -2.12. The number of carbonyl (C=O) groups excluding carboxylic acids is 1. The van der Waals surface area contributed by atoms with Crippen molar-refractivity contribution in [2.45, 2.75) is 6.61 Å².